The minimum absolute atomic E-state index is 0.0405. The highest BCUT2D eigenvalue weighted by Gasteiger charge is 2.08. The highest BCUT2D eigenvalue weighted by molar-refractivity contribution is 5.78. The molecule has 0 aromatic heterocycles. The Morgan fingerprint density at radius 1 is 1.10 bits per heavy atom. The van der Waals surface area contributed by atoms with Crippen molar-refractivity contribution in [3.8, 4) is 0 Å². The molecule has 0 bridgehead atoms. The first kappa shape index (κ1) is 15.1. The minimum Gasteiger partial charge on any atom is -0.399 e. The van der Waals surface area contributed by atoms with Crippen LogP contribution in [-0.2, 0) is 11.2 Å². The first-order valence-electron chi connectivity index (χ1n) is 7.22. The maximum atomic E-state index is 11.9. The van der Waals surface area contributed by atoms with E-state index in [1.807, 2.05) is 24.3 Å². The number of rotatable bonds is 5. The second-order valence-electron chi connectivity index (χ2n) is 5.53. The molecule has 21 heavy (non-hydrogen) atoms. The molecule has 0 saturated carbocycles. The van der Waals surface area contributed by atoms with E-state index in [-0.39, 0.29) is 5.91 Å². The van der Waals surface area contributed by atoms with E-state index in [1.54, 1.807) is 0 Å². The Hall–Kier alpha value is -2.29. The van der Waals surface area contributed by atoms with Crippen molar-refractivity contribution in [2.75, 3.05) is 12.3 Å². The Labute approximate surface area is 126 Å². The molecule has 0 saturated heterocycles. The first-order valence-corrected chi connectivity index (χ1v) is 7.22. The molecule has 0 spiro atoms. The lowest BCUT2D eigenvalue weighted by molar-refractivity contribution is -0.120. The number of carbonyl (C=O) groups excluding carboxylic acids is 1. The van der Waals surface area contributed by atoms with Crippen LogP contribution < -0.4 is 11.1 Å². The molecule has 2 aromatic rings. The van der Waals surface area contributed by atoms with Crippen LogP contribution in [0.2, 0.25) is 0 Å². The van der Waals surface area contributed by atoms with Gasteiger partial charge in [0.1, 0.15) is 0 Å². The summed E-state index contributed by atoms with van der Waals surface area (Å²) in [6, 6.07) is 15.8. The van der Waals surface area contributed by atoms with Crippen molar-refractivity contribution in [1.82, 2.24) is 5.32 Å². The predicted molar refractivity (Wildman–Crippen MR) is 87.2 cm³/mol. The number of nitrogen functional groups attached to an aromatic ring is 1. The zero-order chi connectivity index (χ0) is 15.2. The quantitative estimate of drug-likeness (QED) is 0.828. The molecule has 0 heterocycles. The first-order chi connectivity index (χ1) is 10.0. The van der Waals surface area contributed by atoms with Gasteiger partial charge in [0, 0.05) is 12.2 Å². The summed E-state index contributed by atoms with van der Waals surface area (Å²) in [7, 11) is 0. The Bertz CT molecular complexity index is 588. The van der Waals surface area contributed by atoms with Gasteiger partial charge in [-0.2, -0.15) is 0 Å². The fourth-order valence-corrected chi connectivity index (χ4v) is 2.16. The third-order valence-electron chi connectivity index (χ3n) is 3.60. The van der Waals surface area contributed by atoms with E-state index in [4.69, 9.17) is 5.73 Å². The molecule has 3 heteroatoms. The fourth-order valence-electron chi connectivity index (χ4n) is 2.16. The maximum Gasteiger partial charge on any atom is 0.224 e. The lowest BCUT2D eigenvalue weighted by Gasteiger charge is -2.13. The van der Waals surface area contributed by atoms with Crippen LogP contribution in [0.1, 0.15) is 29.5 Å². The molecule has 2 aromatic carbocycles. The van der Waals surface area contributed by atoms with Gasteiger partial charge in [0.25, 0.3) is 0 Å². The number of nitrogens with two attached hydrogens (primary N) is 1. The Morgan fingerprint density at radius 2 is 1.71 bits per heavy atom. The molecule has 0 radical (unpaired) electrons. The molecule has 0 fully saturated rings. The predicted octanol–water partition coefficient (Wildman–Crippen LogP) is 3.04. The standard InChI is InChI=1S/C18H22N2O/c1-13-3-7-16(8-4-13)14(2)12-20-18(21)11-15-5-9-17(19)10-6-15/h3-10,14H,11-12,19H2,1-2H3,(H,20,21). The van der Waals surface area contributed by atoms with Crippen LogP contribution in [0.3, 0.4) is 0 Å². The fraction of sp³-hybridized carbons (Fsp3) is 0.278. The molecule has 1 unspecified atom stereocenters. The smallest absolute Gasteiger partial charge is 0.224 e. The minimum atomic E-state index is 0.0405. The third kappa shape index (κ3) is 4.63. The number of aryl methyl sites for hydroxylation is 1. The van der Waals surface area contributed by atoms with Gasteiger partial charge in [-0.15, -0.1) is 0 Å². The summed E-state index contributed by atoms with van der Waals surface area (Å²) in [5.41, 5.74) is 9.81. The molecule has 3 nitrogen and oxygen atoms in total. The zero-order valence-electron chi connectivity index (χ0n) is 12.6. The molecule has 2 rings (SSSR count). The number of amides is 1. The largest absolute Gasteiger partial charge is 0.399 e. The molecule has 3 N–H and O–H groups in total. The number of anilines is 1. The van der Waals surface area contributed by atoms with E-state index < -0.39 is 0 Å². The van der Waals surface area contributed by atoms with Gasteiger partial charge in [-0.05, 0) is 36.1 Å². The van der Waals surface area contributed by atoms with E-state index in [9.17, 15) is 4.79 Å². The summed E-state index contributed by atoms with van der Waals surface area (Å²) >= 11 is 0. The number of benzene rings is 2. The molecule has 0 aliphatic carbocycles. The Balaban J connectivity index is 1.83. The molecular weight excluding hydrogens is 260 g/mol. The van der Waals surface area contributed by atoms with Gasteiger partial charge in [-0.25, -0.2) is 0 Å². The van der Waals surface area contributed by atoms with E-state index in [0.717, 1.165) is 5.56 Å². The number of hydrogen-bond donors (Lipinski definition) is 2. The molecule has 110 valence electrons. The van der Waals surface area contributed by atoms with Crippen LogP contribution in [-0.4, -0.2) is 12.5 Å². The SMILES string of the molecule is Cc1ccc(C(C)CNC(=O)Cc2ccc(N)cc2)cc1. The van der Waals surface area contributed by atoms with Crippen LogP contribution in [0.4, 0.5) is 5.69 Å². The summed E-state index contributed by atoms with van der Waals surface area (Å²) in [6.07, 6.45) is 0.390. The summed E-state index contributed by atoms with van der Waals surface area (Å²) in [5.74, 6) is 0.347. The van der Waals surface area contributed by atoms with Crippen molar-refractivity contribution >= 4 is 11.6 Å². The third-order valence-corrected chi connectivity index (χ3v) is 3.60. The molecule has 1 atom stereocenters. The van der Waals surface area contributed by atoms with Crippen molar-refractivity contribution < 1.29 is 4.79 Å². The van der Waals surface area contributed by atoms with Crippen LogP contribution in [0, 0.1) is 6.92 Å². The van der Waals surface area contributed by atoms with Gasteiger partial charge >= 0.3 is 0 Å². The normalized spacial score (nSPS) is 11.9. The van der Waals surface area contributed by atoms with E-state index in [2.05, 4.69) is 43.4 Å². The highest BCUT2D eigenvalue weighted by atomic mass is 16.1. The van der Waals surface area contributed by atoms with Crippen LogP contribution in [0.15, 0.2) is 48.5 Å². The van der Waals surface area contributed by atoms with E-state index >= 15 is 0 Å². The monoisotopic (exact) mass is 282 g/mol. The second-order valence-corrected chi connectivity index (χ2v) is 5.53. The molecular formula is C18H22N2O. The summed E-state index contributed by atoms with van der Waals surface area (Å²) in [4.78, 5) is 11.9. The maximum absolute atomic E-state index is 11.9. The van der Waals surface area contributed by atoms with Crippen molar-refractivity contribution in [1.29, 1.82) is 0 Å². The lowest BCUT2D eigenvalue weighted by atomic mass is 10.00. The molecule has 0 aliphatic heterocycles. The Morgan fingerprint density at radius 3 is 2.33 bits per heavy atom. The van der Waals surface area contributed by atoms with Gasteiger partial charge in [0.2, 0.25) is 5.91 Å². The number of nitrogens with one attached hydrogen (secondary N) is 1. The van der Waals surface area contributed by atoms with Crippen molar-refractivity contribution in [2.24, 2.45) is 0 Å². The van der Waals surface area contributed by atoms with Crippen LogP contribution in [0.25, 0.3) is 0 Å². The van der Waals surface area contributed by atoms with Gasteiger partial charge < -0.3 is 11.1 Å². The summed E-state index contributed by atoms with van der Waals surface area (Å²) in [5, 5.41) is 2.99. The van der Waals surface area contributed by atoms with Gasteiger partial charge in [0.05, 0.1) is 6.42 Å². The van der Waals surface area contributed by atoms with E-state index in [1.165, 1.54) is 11.1 Å². The van der Waals surface area contributed by atoms with Gasteiger partial charge in [-0.1, -0.05) is 48.9 Å². The highest BCUT2D eigenvalue weighted by Crippen LogP contribution is 2.15. The van der Waals surface area contributed by atoms with Crippen molar-refractivity contribution in [3.05, 3.63) is 65.2 Å². The van der Waals surface area contributed by atoms with Crippen LogP contribution in [0.5, 0.6) is 0 Å². The zero-order valence-corrected chi connectivity index (χ0v) is 12.6. The van der Waals surface area contributed by atoms with Crippen LogP contribution >= 0.6 is 0 Å². The Kier molecular flexibility index (Phi) is 4.99. The summed E-state index contributed by atoms with van der Waals surface area (Å²) < 4.78 is 0. The van der Waals surface area contributed by atoms with Gasteiger partial charge in [0.15, 0.2) is 0 Å². The lowest BCUT2D eigenvalue weighted by Crippen LogP contribution is -2.28. The number of hydrogen-bond acceptors (Lipinski definition) is 2. The number of carbonyl (C=O) groups is 1. The van der Waals surface area contributed by atoms with Gasteiger partial charge in [-0.3, -0.25) is 4.79 Å². The molecule has 1 amide bonds. The average molecular weight is 282 g/mol. The van der Waals surface area contributed by atoms with E-state index in [0.29, 0.717) is 24.6 Å². The topological polar surface area (TPSA) is 55.1 Å². The van der Waals surface area contributed by atoms with Crippen molar-refractivity contribution in [2.45, 2.75) is 26.2 Å². The molecule has 0 aliphatic rings. The van der Waals surface area contributed by atoms with Crippen molar-refractivity contribution in [3.63, 3.8) is 0 Å². The second kappa shape index (κ2) is 6.93. The summed E-state index contributed by atoms with van der Waals surface area (Å²) in [6.45, 7) is 4.84. The average Bonchev–Trinajstić information content (AvgIpc) is 2.48.